The van der Waals surface area contributed by atoms with Crippen LogP contribution in [-0.2, 0) is 9.63 Å². The lowest BCUT2D eigenvalue weighted by atomic mass is 9.88. The van der Waals surface area contributed by atoms with Gasteiger partial charge in [-0.2, -0.15) is 5.06 Å². The lowest BCUT2D eigenvalue weighted by molar-refractivity contribution is -0.207. The number of carbonyl (C=O) groups excluding carboxylic acids is 1. The third-order valence-corrected chi connectivity index (χ3v) is 5.17. The third-order valence-electron chi connectivity index (χ3n) is 5.17. The second kappa shape index (κ2) is 9.47. The van der Waals surface area contributed by atoms with Gasteiger partial charge in [0, 0.05) is 6.54 Å². The average molecular weight is 337 g/mol. The van der Waals surface area contributed by atoms with E-state index in [1.54, 1.807) is 5.06 Å². The second-order valence-corrected chi connectivity index (χ2v) is 7.13. The summed E-state index contributed by atoms with van der Waals surface area (Å²) in [6.07, 6.45) is 12.1. The third kappa shape index (κ3) is 5.24. The SMILES string of the molecule is CC1=CC=C[C@H](ON2CCC[C@H]2C=O)[C@@H]1O.C[C@H]1CCCC[C@H]1O. The van der Waals surface area contributed by atoms with E-state index in [-0.39, 0.29) is 18.2 Å². The van der Waals surface area contributed by atoms with E-state index in [1.165, 1.54) is 19.3 Å². The van der Waals surface area contributed by atoms with Crippen LogP contribution in [0.4, 0.5) is 0 Å². The van der Waals surface area contributed by atoms with Crippen LogP contribution in [0.25, 0.3) is 0 Å². The number of aliphatic hydroxyl groups is 2. The van der Waals surface area contributed by atoms with Crippen LogP contribution in [-0.4, -0.2) is 52.5 Å². The highest BCUT2D eigenvalue weighted by Gasteiger charge is 2.30. The van der Waals surface area contributed by atoms with Crippen LogP contribution in [0.15, 0.2) is 23.8 Å². The van der Waals surface area contributed by atoms with E-state index in [2.05, 4.69) is 6.92 Å². The van der Waals surface area contributed by atoms with Crippen molar-refractivity contribution in [3.63, 3.8) is 0 Å². The van der Waals surface area contributed by atoms with Crippen molar-refractivity contribution in [1.82, 2.24) is 5.06 Å². The van der Waals surface area contributed by atoms with Gasteiger partial charge in [-0.15, -0.1) is 0 Å². The summed E-state index contributed by atoms with van der Waals surface area (Å²) in [7, 11) is 0. The van der Waals surface area contributed by atoms with E-state index in [4.69, 9.17) is 4.84 Å². The van der Waals surface area contributed by atoms with Gasteiger partial charge < -0.3 is 15.0 Å². The van der Waals surface area contributed by atoms with Gasteiger partial charge in [0.15, 0.2) is 0 Å². The van der Waals surface area contributed by atoms with Gasteiger partial charge in [0.05, 0.1) is 12.1 Å². The molecular weight excluding hydrogens is 306 g/mol. The predicted molar refractivity (Wildman–Crippen MR) is 93.2 cm³/mol. The van der Waals surface area contributed by atoms with Gasteiger partial charge in [-0.25, -0.2) is 0 Å². The number of carbonyl (C=O) groups is 1. The second-order valence-electron chi connectivity index (χ2n) is 7.13. The van der Waals surface area contributed by atoms with E-state index >= 15 is 0 Å². The minimum atomic E-state index is -0.613. The number of allylic oxidation sites excluding steroid dienone is 2. The minimum absolute atomic E-state index is 0.00347. The van der Waals surface area contributed by atoms with Crippen molar-refractivity contribution in [3.05, 3.63) is 23.8 Å². The fourth-order valence-electron chi connectivity index (χ4n) is 3.36. The van der Waals surface area contributed by atoms with Gasteiger partial charge in [-0.05, 0) is 44.1 Å². The summed E-state index contributed by atoms with van der Waals surface area (Å²) in [4.78, 5) is 16.5. The van der Waals surface area contributed by atoms with Crippen LogP contribution in [0, 0.1) is 5.92 Å². The molecule has 0 aromatic carbocycles. The molecule has 0 aromatic heterocycles. The van der Waals surface area contributed by atoms with Crippen molar-refractivity contribution in [2.24, 2.45) is 5.92 Å². The standard InChI is InChI=1S/C12H17NO3.C7H14O/c1-9-4-2-6-11(12(9)15)16-13-7-3-5-10(13)8-14;1-6-4-2-3-5-7(6)8/h2,4,6,8,10-12,15H,3,5,7H2,1H3;6-8H,2-5H2,1H3/t10-,11-,12+;6-,7+/m00/s1. The first-order valence-electron chi connectivity index (χ1n) is 9.12. The van der Waals surface area contributed by atoms with Gasteiger partial charge in [0.25, 0.3) is 0 Å². The van der Waals surface area contributed by atoms with Gasteiger partial charge in [0.1, 0.15) is 18.5 Å². The maximum Gasteiger partial charge on any atom is 0.139 e. The Kier molecular flexibility index (Phi) is 7.62. The Morgan fingerprint density at radius 1 is 1.21 bits per heavy atom. The largest absolute Gasteiger partial charge is 0.393 e. The molecule has 3 aliphatic rings. The summed E-state index contributed by atoms with van der Waals surface area (Å²) in [6.45, 7) is 4.75. The van der Waals surface area contributed by atoms with Gasteiger partial charge in [0.2, 0.25) is 0 Å². The number of hydroxylamine groups is 2. The van der Waals surface area contributed by atoms with Crippen LogP contribution >= 0.6 is 0 Å². The summed E-state index contributed by atoms with van der Waals surface area (Å²) in [6, 6.07) is -0.160. The average Bonchev–Trinajstić information content (AvgIpc) is 3.02. The summed E-state index contributed by atoms with van der Waals surface area (Å²) in [5, 5.41) is 20.8. The zero-order valence-corrected chi connectivity index (χ0v) is 14.8. The molecule has 0 unspecified atom stereocenters. The molecule has 0 aromatic rings. The number of aldehydes is 1. The van der Waals surface area contributed by atoms with E-state index in [0.29, 0.717) is 5.92 Å². The molecule has 3 rings (SSSR count). The van der Waals surface area contributed by atoms with Crippen LogP contribution < -0.4 is 0 Å². The Bertz CT molecular complexity index is 452. The first-order valence-corrected chi connectivity index (χ1v) is 9.12. The van der Waals surface area contributed by atoms with Crippen molar-refractivity contribution in [2.45, 2.75) is 76.7 Å². The highest BCUT2D eigenvalue weighted by Crippen LogP contribution is 2.23. The molecule has 0 radical (unpaired) electrons. The molecule has 5 heteroatoms. The van der Waals surface area contributed by atoms with Crippen molar-refractivity contribution < 1.29 is 19.8 Å². The maximum atomic E-state index is 10.8. The molecule has 1 saturated carbocycles. The summed E-state index contributed by atoms with van der Waals surface area (Å²) >= 11 is 0. The first kappa shape index (κ1) is 19.3. The van der Waals surface area contributed by atoms with E-state index in [1.807, 2.05) is 25.2 Å². The molecule has 5 atom stereocenters. The Labute approximate surface area is 144 Å². The molecule has 0 bridgehead atoms. The highest BCUT2D eigenvalue weighted by atomic mass is 16.7. The van der Waals surface area contributed by atoms with E-state index < -0.39 is 6.10 Å². The molecule has 24 heavy (non-hydrogen) atoms. The van der Waals surface area contributed by atoms with Crippen molar-refractivity contribution in [2.75, 3.05) is 6.54 Å². The number of hydrogen-bond acceptors (Lipinski definition) is 5. The number of rotatable bonds is 3. The maximum absolute atomic E-state index is 10.8. The number of hydrogen-bond donors (Lipinski definition) is 2. The fourth-order valence-corrected chi connectivity index (χ4v) is 3.36. The molecule has 5 nitrogen and oxygen atoms in total. The Morgan fingerprint density at radius 2 is 1.96 bits per heavy atom. The van der Waals surface area contributed by atoms with Gasteiger partial charge >= 0.3 is 0 Å². The van der Waals surface area contributed by atoms with Crippen LogP contribution in [0.2, 0.25) is 0 Å². The molecule has 2 fully saturated rings. The minimum Gasteiger partial charge on any atom is -0.393 e. The monoisotopic (exact) mass is 337 g/mol. The predicted octanol–water partition coefficient (Wildman–Crippen LogP) is 2.38. The molecule has 1 saturated heterocycles. The van der Waals surface area contributed by atoms with Crippen molar-refractivity contribution in [1.29, 1.82) is 0 Å². The van der Waals surface area contributed by atoms with Crippen LogP contribution in [0.5, 0.6) is 0 Å². The number of nitrogens with zero attached hydrogens (tertiary/aromatic N) is 1. The van der Waals surface area contributed by atoms with E-state index in [0.717, 1.165) is 37.7 Å². The van der Waals surface area contributed by atoms with Crippen molar-refractivity contribution in [3.8, 4) is 0 Å². The topological polar surface area (TPSA) is 70.0 Å². The van der Waals surface area contributed by atoms with Crippen molar-refractivity contribution >= 4 is 6.29 Å². The van der Waals surface area contributed by atoms with Gasteiger partial charge in [-0.1, -0.05) is 38.0 Å². The summed E-state index contributed by atoms with van der Waals surface area (Å²) < 4.78 is 0. The normalized spacial score (nSPS) is 36.7. The zero-order valence-electron chi connectivity index (χ0n) is 14.8. The Morgan fingerprint density at radius 3 is 2.58 bits per heavy atom. The number of aliphatic hydroxyl groups excluding tert-OH is 2. The highest BCUT2D eigenvalue weighted by molar-refractivity contribution is 5.57. The fraction of sp³-hybridized carbons (Fsp3) is 0.737. The summed E-state index contributed by atoms with van der Waals surface area (Å²) in [5.41, 5.74) is 0.884. The molecule has 136 valence electrons. The summed E-state index contributed by atoms with van der Waals surface area (Å²) in [5.74, 6) is 0.559. The van der Waals surface area contributed by atoms with Gasteiger partial charge in [-0.3, -0.25) is 4.84 Å². The van der Waals surface area contributed by atoms with Crippen LogP contribution in [0.1, 0.15) is 52.4 Å². The smallest absolute Gasteiger partial charge is 0.139 e. The lowest BCUT2D eigenvalue weighted by Crippen LogP contribution is -2.40. The van der Waals surface area contributed by atoms with E-state index in [9.17, 15) is 15.0 Å². The molecule has 1 heterocycles. The molecule has 0 amide bonds. The first-order chi connectivity index (χ1) is 11.5. The molecule has 0 spiro atoms. The zero-order chi connectivity index (χ0) is 17.5. The Balaban J connectivity index is 0.000000219. The Hall–Kier alpha value is -1.01. The quantitative estimate of drug-likeness (QED) is 0.774. The molecular formula is C19H31NO4. The van der Waals surface area contributed by atoms with Crippen LogP contribution in [0.3, 0.4) is 0 Å². The lowest BCUT2D eigenvalue weighted by Gasteiger charge is -2.29. The molecule has 2 N–H and O–H groups in total. The molecule has 1 aliphatic heterocycles. The molecule has 2 aliphatic carbocycles.